The van der Waals surface area contributed by atoms with Gasteiger partial charge in [-0.05, 0) is 17.7 Å². The molecule has 0 saturated carbocycles. The van der Waals surface area contributed by atoms with Gasteiger partial charge >= 0.3 is 0 Å². The largest absolute Gasteiger partial charge is 0.760 e. The van der Waals surface area contributed by atoms with Crippen molar-refractivity contribution in [2.75, 3.05) is 7.11 Å². The van der Waals surface area contributed by atoms with Crippen LogP contribution in [0.2, 0.25) is 0 Å². The molecule has 1 N–H and O–H groups in total. The number of hydrogen-bond acceptors (Lipinski definition) is 5. The van der Waals surface area contributed by atoms with Crippen LogP contribution in [0.4, 0.5) is 8.78 Å². The van der Waals surface area contributed by atoms with Crippen molar-refractivity contribution >= 4 is 22.3 Å². The molecule has 3 rings (SSSR count). The van der Waals surface area contributed by atoms with E-state index in [9.17, 15) is 17.5 Å². The van der Waals surface area contributed by atoms with Crippen LogP contribution in [0.1, 0.15) is 5.56 Å². The molecule has 0 amide bonds. The lowest BCUT2D eigenvalue weighted by atomic mass is 10.2. The fraction of sp³-hybridized carbons (Fsp3) is 0.143. The van der Waals surface area contributed by atoms with E-state index in [-0.39, 0.29) is 23.5 Å². The quantitative estimate of drug-likeness (QED) is 0.703. The Hall–Kier alpha value is -2.43. The molecule has 1 aromatic heterocycles. The van der Waals surface area contributed by atoms with Gasteiger partial charge in [-0.3, -0.25) is 4.21 Å². The molecule has 1 unspecified atom stereocenters. The minimum Gasteiger partial charge on any atom is -0.760 e. The molecule has 0 radical (unpaired) electrons. The number of hydrogen-bond donors (Lipinski definition) is 1. The molecule has 0 aliphatic carbocycles. The Morgan fingerprint density at radius 3 is 2.75 bits per heavy atom. The number of benzene rings is 2. The molecule has 2 aromatic carbocycles. The van der Waals surface area contributed by atoms with Gasteiger partial charge in [0.2, 0.25) is 0 Å². The van der Waals surface area contributed by atoms with Crippen LogP contribution in [-0.4, -0.2) is 30.9 Å². The van der Waals surface area contributed by atoms with Gasteiger partial charge in [0.1, 0.15) is 17.0 Å². The molecule has 0 bridgehead atoms. The van der Waals surface area contributed by atoms with E-state index < -0.39 is 22.9 Å². The summed E-state index contributed by atoms with van der Waals surface area (Å²) in [5, 5.41) is 7.71. The Kier molecular flexibility index (Phi) is 4.51. The highest BCUT2D eigenvalue weighted by atomic mass is 32.2. The Bertz CT molecular complexity index is 932. The van der Waals surface area contributed by atoms with Crippen LogP contribution in [0.15, 0.2) is 30.3 Å². The van der Waals surface area contributed by atoms with Crippen LogP contribution in [0.3, 0.4) is 0 Å². The molecule has 24 heavy (non-hydrogen) atoms. The summed E-state index contributed by atoms with van der Waals surface area (Å²) >= 11 is -2.44. The summed E-state index contributed by atoms with van der Waals surface area (Å²) in [6, 6.07) is 6.64. The van der Waals surface area contributed by atoms with Crippen molar-refractivity contribution in [3.8, 4) is 11.4 Å². The van der Waals surface area contributed by atoms with Crippen molar-refractivity contribution in [2.24, 2.45) is 0 Å². The second kappa shape index (κ2) is 6.59. The van der Waals surface area contributed by atoms with E-state index in [4.69, 9.17) is 4.74 Å². The Labute approximate surface area is 137 Å². The van der Waals surface area contributed by atoms with E-state index >= 15 is 0 Å². The average molecular weight is 353 g/mol. The predicted octanol–water partition coefficient (Wildman–Crippen LogP) is 1.59. The number of methoxy groups -OCH3 is 1. The van der Waals surface area contributed by atoms with Gasteiger partial charge in [0, 0.05) is 29.9 Å². The minimum atomic E-state index is -2.44. The van der Waals surface area contributed by atoms with Crippen molar-refractivity contribution in [2.45, 2.75) is 6.54 Å². The summed E-state index contributed by atoms with van der Waals surface area (Å²) in [6.45, 7) is -0.0444. The van der Waals surface area contributed by atoms with Gasteiger partial charge in [0.05, 0.1) is 12.6 Å². The maximum Gasteiger partial charge on any atom is 0.167 e. The summed E-state index contributed by atoms with van der Waals surface area (Å²) in [5.41, 5.74) is 1.12. The summed E-state index contributed by atoms with van der Waals surface area (Å²) < 4.78 is 57.3. The van der Waals surface area contributed by atoms with Gasteiger partial charge in [0.15, 0.2) is 11.6 Å². The van der Waals surface area contributed by atoms with E-state index in [0.717, 1.165) is 10.7 Å². The molecule has 0 fully saturated rings. The maximum atomic E-state index is 14.3. The Morgan fingerprint density at radius 1 is 1.29 bits per heavy atom. The molecular formula is C14H11F2N4O3S-. The second-order valence-corrected chi connectivity index (χ2v) is 5.58. The molecule has 0 saturated heterocycles. The fourth-order valence-corrected chi connectivity index (χ4v) is 2.52. The molecule has 3 aromatic rings. The van der Waals surface area contributed by atoms with Gasteiger partial charge in [-0.25, -0.2) is 18.2 Å². The fourth-order valence-electron chi connectivity index (χ4n) is 2.23. The second-order valence-electron chi connectivity index (χ2n) is 4.82. The van der Waals surface area contributed by atoms with Gasteiger partial charge in [0.25, 0.3) is 0 Å². The standard InChI is InChI=1S/C14H12F2N4O3S/c1-23-14-6-11-13(5-10(14)16)20(19-18-11)12-3-2-8(4-9(12)15)7-17-24(21)22/h2-6,17H,7H2,1H3,(H,21,22)/p-1. The van der Waals surface area contributed by atoms with Gasteiger partial charge in [-0.15, -0.1) is 5.10 Å². The average Bonchev–Trinajstić information content (AvgIpc) is 2.94. The van der Waals surface area contributed by atoms with Crippen molar-refractivity contribution < 1.29 is 22.3 Å². The topological polar surface area (TPSA) is 92.1 Å². The minimum absolute atomic E-state index is 0.0158. The first-order chi connectivity index (χ1) is 11.5. The Morgan fingerprint density at radius 2 is 2.08 bits per heavy atom. The molecule has 1 atom stereocenters. The van der Waals surface area contributed by atoms with Crippen LogP contribution < -0.4 is 9.46 Å². The third kappa shape index (κ3) is 3.11. The number of halogens is 2. The Balaban J connectivity index is 2.01. The number of aromatic nitrogens is 3. The number of nitrogens with one attached hydrogen (secondary N) is 1. The molecule has 0 aliphatic heterocycles. The highest BCUT2D eigenvalue weighted by Gasteiger charge is 2.15. The lowest BCUT2D eigenvalue weighted by molar-refractivity contribution is 0.387. The first-order valence-electron chi connectivity index (χ1n) is 6.70. The van der Waals surface area contributed by atoms with E-state index in [2.05, 4.69) is 15.0 Å². The van der Waals surface area contributed by atoms with E-state index in [1.807, 2.05) is 0 Å². The number of fused-ring (bicyclic) bond motifs is 1. The zero-order chi connectivity index (χ0) is 17.3. The van der Waals surface area contributed by atoms with Crippen LogP contribution >= 0.6 is 0 Å². The normalized spacial score (nSPS) is 12.5. The molecule has 1 heterocycles. The van der Waals surface area contributed by atoms with Crippen LogP contribution in [-0.2, 0) is 17.8 Å². The van der Waals surface area contributed by atoms with Crippen molar-refractivity contribution in [1.82, 2.24) is 19.7 Å². The number of ether oxygens (including phenoxy) is 1. The third-order valence-electron chi connectivity index (χ3n) is 3.35. The highest BCUT2D eigenvalue weighted by molar-refractivity contribution is 7.77. The zero-order valence-electron chi connectivity index (χ0n) is 12.3. The van der Waals surface area contributed by atoms with Gasteiger partial charge in [-0.2, -0.15) is 0 Å². The summed E-state index contributed by atoms with van der Waals surface area (Å²) in [6.07, 6.45) is 0. The van der Waals surface area contributed by atoms with Crippen molar-refractivity contribution in [3.63, 3.8) is 0 Å². The van der Waals surface area contributed by atoms with Crippen LogP contribution in [0.25, 0.3) is 16.7 Å². The SMILES string of the molecule is COc1cc2nnn(-c3ccc(CNS(=O)[O-])cc3F)c2cc1F. The molecule has 0 spiro atoms. The molecule has 7 nitrogen and oxygen atoms in total. The molecule has 0 aliphatic rings. The molecule has 10 heteroatoms. The van der Waals surface area contributed by atoms with Crippen molar-refractivity contribution in [3.05, 3.63) is 47.5 Å². The molecule has 126 valence electrons. The molecular weight excluding hydrogens is 342 g/mol. The monoisotopic (exact) mass is 353 g/mol. The third-order valence-corrected chi connectivity index (χ3v) is 3.73. The maximum absolute atomic E-state index is 14.3. The zero-order valence-corrected chi connectivity index (χ0v) is 13.1. The summed E-state index contributed by atoms with van der Waals surface area (Å²) in [4.78, 5) is 0. The van der Waals surface area contributed by atoms with Crippen LogP contribution in [0.5, 0.6) is 5.75 Å². The van der Waals surface area contributed by atoms with E-state index in [0.29, 0.717) is 11.1 Å². The first-order valence-corrected chi connectivity index (χ1v) is 7.77. The summed E-state index contributed by atoms with van der Waals surface area (Å²) in [7, 11) is 1.33. The number of rotatable bonds is 5. The van der Waals surface area contributed by atoms with Gasteiger partial charge < -0.3 is 9.29 Å². The van der Waals surface area contributed by atoms with E-state index in [1.165, 1.54) is 31.4 Å². The van der Waals surface area contributed by atoms with Crippen LogP contribution in [0, 0.1) is 11.6 Å². The summed E-state index contributed by atoms with van der Waals surface area (Å²) in [5.74, 6) is -1.25. The first kappa shape index (κ1) is 16.4. The van der Waals surface area contributed by atoms with Gasteiger partial charge in [-0.1, -0.05) is 11.3 Å². The lowest BCUT2D eigenvalue weighted by Crippen LogP contribution is -2.15. The number of nitrogens with zero attached hydrogens (tertiary/aromatic N) is 3. The smallest absolute Gasteiger partial charge is 0.167 e. The predicted molar refractivity (Wildman–Crippen MR) is 81.1 cm³/mol. The van der Waals surface area contributed by atoms with Crippen molar-refractivity contribution in [1.29, 1.82) is 0 Å². The lowest BCUT2D eigenvalue weighted by Gasteiger charge is -2.09. The van der Waals surface area contributed by atoms with E-state index in [1.54, 1.807) is 0 Å². The highest BCUT2D eigenvalue weighted by Crippen LogP contribution is 2.25.